The summed E-state index contributed by atoms with van der Waals surface area (Å²) in [5.74, 6) is 1.05. The Morgan fingerprint density at radius 2 is 1.95 bits per heavy atom. The Morgan fingerprint density at radius 1 is 1.10 bits per heavy atom. The first kappa shape index (κ1) is 12.0. The average Bonchev–Trinajstić information content (AvgIpc) is 3.19. The Hall–Kier alpha value is -1.77. The van der Waals surface area contributed by atoms with Gasteiger partial charge in [-0.1, -0.05) is 37.1 Å². The predicted octanol–water partition coefficient (Wildman–Crippen LogP) is 3.77. The Kier molecular flexibility index (Phi) is 2.98. The van der Waals surface area contributed by atoms with Gasteiger partial charge in [-0.15, -0.1) is 0 Å². The van der Waals surface area contributed by atoms with Crippen molar-refractivity contribution >= 4 is 5.95 Å². The predicted molar refractivity (Wildman–Crippen MR) is 81.0 cm³/mol. The second-order valence-corrected chi connectivity index (χ2v) is 6.04. The van der Waals surface area contributed by atoms with Gasteiger partial charge in [-0.3, -0.25) is 0 Å². The minimum absolute atomic E-state index is 0.456. The standard InChI is InChI=1S/C17H21N3/c1-4-8-15-13(5-1)9-10-16(15)20-12-11-18-17(20)19-14-6-2-3-7-14/h1,4-5,8,11-12,14,16H,2-3,6-7,9-10H2,(H,18,19). The summed E-state index contributed by atoms with van der Waals surface area (Å²) in [6.07, 6.45) is 11.7. The number of aryl methyl sites for hydroxylation is 1. The van der Waals surface area contributed by atoms with Crippen LogP contribution >= 0.6 is 0 Å². The molecule has 2 aliphatic rings. The third-order valence-corrected chi connectivity index (χ3v) is 4.79. The van der Waals surface area contributed by atoms with E-state index in [4.69, 9.17) is 0 Å². The minimum Gasteiger partial charge on any atom is -0.353 e. The van der Waals surface area contributed by atoms with Crippen molar-refractivity contribution in [3.63, 3.8) is 0 Å². The molecular weight excluding hydrogens is 246 g/mol. The zero-order valence-electron chi connectivity index (χ0n) is 11.8. The SMILES string of the molecule is c1ccc2c(c1)CCC2n1ccnc1NC1CCCC1. The molecule has 3 heteroatoms. The molecule has 1 aromatic heterocycles. The molecule has 4 rings (SSSR count). The lowest BCUT2D eigenvalue weighted by atomic mass is 10.1. The molecule has 1 atom stereocenters. The summed E-state index contributed by atoms with van der Waals surface area (Å²) in [5.41, 5.74) is 2.97. The zero-order chi connectivity index (χ0) is 13.4. The average molecular weight is 267 g/mol. The topological polar surface area (TPSA) is 29.9 Å². The van der Waals surface area contributed by atoms with Gasteiger partial charge in [0.2, 0.25) is 5.95 Å². The molecule has 1 heterocycles. The molecule has 1 aromatic carbocycles. The summed E-state index contributed by atoms with van der Waals surface area (Å²) >= 11 is 0. The van der Waals surface area contributed by atoms with Gasteiger partial charge in [-0.05, 0) is 36.8 Å². The summed E-state index contributed by atoms with van der Waals surface area (Å²) in [5, 5.41) is 3.65. The van der Waals surface area contributed by atoms with E-state index in [0.29, 0.717) is 12.1 Å². The lowest BCUT2D eigenvalue weighted by molar-refractivity contribution is 0.578. The van der Waals surface area contributed by atoms with E-state index in [-0.39, 0.29) is 0 Å². The highest BCUT2D eigenvalue weighted by Gasteiger charge is 2.26. The Morgan fingerprint density at radius 3 is 2.85 bits per heavy atom. The molecule has 1 unspecified atom stereocenters. The second-order valence-electron chi connectivity index (χ2n) is 6.04. The molecule has 2 aliphatic carbocycles. The van der Waals surface area contributed by atoms with Crippen LogP contribution in [0.5, 0.6) is 0 Å². The smallest absolute Gasteiger partial charge is 0.203 e. The maximum atomic E-state index is 4.55. The molecule has 1 N–H and O–H groups in total. The third-order valence-electron chi connectivity index (χ3n) is 4.79. The molecule has 0 bridgehead atoms. The zero-order valence-corrected chi connectivity index (χ0v) is 11.8. The van der Waals surface area contributed by atoms with Crippen LogP contribution < -0.4 is 5.32 Å². The number of aromatic nitrogens is 2. The number of anilines is 1. The van der Waals surface area contributed by atoms with Crippen molar-refractivity contribution in [2.24, 2.45) is 0 Å². The Balaban J connectivity index is 1.62. The Labute approximate surface area is 120 Å². The molecule has 0 radical (unpaired) electrons. The van der Waals surface area contributed by atoms with Crippen LogP contribution in [0.2, 0.25) is 0 Å². The van der Waals surface area contributed by atoms with E-state index in [1.54, 1.807) is 0 Å². The van der Waals surface area contributed by atoms with Crippen LogP contribution in [-0.2, 0) is 6.42 Å². The summed E-state index contributed by atoms with van der Waals surface area (Å²) in [7, 11) is 0. The Bertz CT molecular complexity index is 596. The molecule has 20 heavy (non-hydrogen) atoms. The molecule has 1 fully saturated rings. The van der Waals surface area contributed by atoms with Crippen molar-refractivity contribution in [3.8, 4) is 0 Å². The maximum Gasteiger partial charge on any atom is 0.203 e. The minimum atomic E-state index is 0.456. The quantitative estimate of drug-likeness (QED) is 0.917. The van der Waals surface area contributed by atoms with Crippen molar-refractivity contribution in [3.05, 3.63) is 47.8 Å². The first-order valence-electron chi connectivity index (χ1n) is 7.79. The van der Waals surface area contributed by atoms with Gasteiger partial charge in [0, 0.05) is 18.4 Å². The summed E-state index contributed by atoms with van der Waals surface area (Å²) in [6, 6.07) is 9.90. The fraction of sp³-hybridized carbons (Fsp3) is 0.471. The van der Waals surface area contributed by atoms with Gasteiger partial charge in [0.25, 0.3) is 0 Å². The van der Waals surface area contributed by atoms with E-state index in [0.717, 1.165) is 5.95 Å². The van der Waals surface area contributed by atoms with E-state index in [2.05, 4.69) is 45.3 Å². The number of hydrogen-bond acceptors (Lipinski definition) is 2. The van der Waals surface area contributed by atoms with Crippen LogP contribution in [0.25, 0.3) is 0 Å². The second kappa shape index (κ2) is 4.97. The molecule has 0 saturated heterocycles. The number of rotatable bonds is 3. The first-order chi connectivity index (χ1) is 9.92. The van der Waals surface area contributed by atoms with Crippen molar-refractivity contribution < 1.29 is 0 Å². The van der Waals surface area contributed by atoms with Crippen LogP contribution in [0.4, 0.5) is 5.95 Å². The fourth-order valence-corrected chi connectivity index (χ4v) is 3.75. The van der Waals surface area contributed by atoms with Crippen molar-refractivity contribution in [1.82, 2.24) is 9.55 Å². The monoisotopic (exact) mass is 267 g/mol. The number of fused-ring (bicyclic) bond motifs is 1. The summed E-state index contributed by atoms with van der Waals surface area (Å²) < 4.78 is 2.34. The molecule has 2 aromatic rings. The van der Waals surface area contributed by atoms with Gasteiger partial charge in [0.15, 0.2) is 0 Å². The molecule has 0 aliphatic heterocycles. The number of nitrogens with zero attached hydrogens (tertiary/aromatic N) is 2. The first-order valence-corrected chi connectivity index (χ1v) is 7.79. The van der Waals surface area contributed by atoms with E-state index in [9.17, 15) is 0 Å². The van der Waals surface area contributed by atoms with Gasteiger partial charge < -0.3 is 9.88 Å². The normalized spacial score (nSPS) is 22.1. The number of imidazole rings is 1. The lowest BCUT2D eigenvalue weighted by Crippen LogP contribution is -2.19. The van der Waals surface area contributed by atoms with Crippen LogP contribution in [0, 0.1) is 0 Å². The van der Waals surface area contributed by atoms with E-state index >= 15 is 0 Å². The molecule has 0 amide bonds. The van der Waals surface area contributed by atoms with Gasteiger partial charge in [0.1, 0.15) is 0 Å². The van der Waals surface area contributed by atoms with E-state index < -0.39 is 0 Å². The number of hydrogen-bond donors (Lipinski definition) is 1. The molecule has 1 saturated carbocycles. The van der Waals surface area contributed by atoms with Gasteiger partial charge >= 0.3 is 0 Å². The van der Waals surface area contributed by atoms with E-state index in [1.807, 2.05) is 6.20 Å². The molecule has 0 spiro atoms. The van der Waals surface area contributed by atoms with Gasteiger partial charge in [0.05, 0.1) is 6.04 Å². The van der Waals surface area contributed by atoms with Crippen LogP contribution in [0.3, 0.4) is 0 Å². The summed E-state index contributed by atoms with van der Waals surface area (Å²) in [6.45, 7) is 0. The lowest BCUT2D eigenvalue weighted by Gasteiger charge is -2.20. The fourth-order valence-electron chi connectivity index (χ4n) is 3.75. The highest BCUT2D eigenvalue weighted by atomic mass is 15.2. The van der Waals surface area contributed by atoms with Crippen LogP contribution in [0.1, 0.15) is 49.3 Å². The number of nitrogens with one attached hydrogen (secondary N) is 1. The maximum absolute atomic E-state index is 4.55. The third kappa shape index (κ3) is 2.01. The number of benzene rings is 1. The van der Waals surface area contributed by atoms with Crippen molar-refractivity contribution in [2.75, 3.05) is 5.32 Å². The highest BCUT2D eigenvalue weighted by Crippen LogP contribution is 2.36. The molecule has 104 valence electrons. The van der Waals surface area contributed by atoms with Gasteiger partial charge in [-0.2, -0.15) is 0 Å². The van der Waals surface area contributed by atoms with Crippen molar-refractivity contribution in [2.45, 2.75) is 50.6 Å². The van der Waals surface area contributed by atoms with Crippen LogP contribution in [-0.4, -0.2) is 15.6 Å². The van der Waals surface area contributed by atoms with E-state index in [1.165, 1.54) is 49.7 Å². The summed E-state index contributed by atoms with van der Waals surface area (Å²) in [4.78, 5) is 4.55. The molecule has 3 nitrogen and oxygen atoms in total. The van der Waals surface area contributed by atoms with Crippen molar-refractivity contribution in [1.29, 1.82) is 0 Å². The highest BCUT2D eigenvalue weighted by molar-refractivity contribution is 5.39. The van der Waals surface area contributed by atoms with Gasteiger partial charge in [-0.25, -0.2) is 4.98 Å². The molecular formula is C17H21N3. The van der Waals surface area contributed by atoms with Crippen LogP contribution in [0.15, 0.2) is 36.7 Å². The largest absolute Gasteiger partial charge is 0.353 e.